The smallest absolute Gasteiger partial charge is 0.212 e. The van der Waals surface area contributed by atoms with Crippen molar-refractivity contribution in [2.75, 3.05) is 0 Å². The Bertz CT molecular complexity index is 686. The van der Waals surface area contributed by atoms with Gasteiger partial charge in [0.2, 0.25) is 10.0 Å². The van der Waals surface area contributed by atoms with Gasteiger partial charge < -0.3 is 0 Å². The monoisotopic (exact) mass is 292 g/mol. The molecule has 0 radical (unpaired) electrons. The largest absolute Gasteiger partial charge is 0.216 e. The van der Waals surface area contributed by atoms with Crippen LogP contribution in [0.2, 0.25) is 0 Å². The van der Waals surface area contributed by atoms with E-state index in [1.807, 2.05) is 22.9 Å². The standard InChI is InChI=1S/C13H12N2O2S2/c14-7-12-3-1-2-4-13(12)10-19(16,17)15-8-11-5-6-18-9-11/h1-6,9,15H,8,10H2. The fraction of sp³-hybridized carbons (Fsp3) is 0.154. The molecule has 0 fully saturated rings. The zero-order valence-electron chi connectivity index (χ0n) is 10.0. The number of sulfonamides is 1. The summed E-state index contributed by atoms with van der Waals surface area (Å²) in [4.78, 5) is 0. The van der Waals surface area contributed by atoms with Crippen LogP contribution in [0.5, 0.6) is 0 Å². The van der Waals surface area contributed by atoms with Crippen molar-refractivity contribution in [1.82, 2.24) is 4.72 Å². The molecular formula is C13H12N2O2S2. The Labute approximate surface area is 116 Å². The topological polar surface area (TPSA) is 70.0 Å². The molecule has 1 aromatic heterocycles. The Morgan fingerprint density at radius 1 is 1.26 bits per heavy atom. The summed E-state index contributed by atoms with van der Waals surface area (Å²) in [6.45, 7) is 0.278. The molecule has 2 rings (SSSR count). The van der Waals surface area contributed by atoms with Crippen molar-refractivity contribution in [3.05, 3.63) is 57.8 Å². The summed E-state index contributed by atoms with van der Waals surface area (Å²) in [5.74, 6) is -0.180. The first kappa shape index (κ1) is 13.7. The number of thiophene rings is 1. The highest BCUT2D eigenvalue weighted by atomic mass is 32.2. The molecule has 1 heterocycles. The van der Waals surface area contributed by atoms with Gasteiger partial charge in [-0.2, -0.15) is 16.6 Å². The van der Waals surface area contributed by atoms with Gasteiger partial charge in [0, 0.05) is 6.54 Å². The Morgan fingerprint density at radius 2 is 2.05 bits per heavy atom. The first-order valence-electron chi connectivity index (χ1n) is 5.57. The van der Waals surface area contributed by atoms with Gasteiger partial charge in [0.1, 0.15) is 0 Å². The Morgan fingerprint density at radius 3 is 2.74 bits per heavy atom. The third kappa shape index (κ3) is 3.89. The van der Waals surface area contributed by atoms with E-state index in [4.69, 9.17) is 5.26 Å². The first-order valence-corrected chi connectivity index (χ1v) is 8.16. The molecule has 1 aromatic carbocycles. The van der Waals surface area contributed by atoms with Gasteiger partial charge in [-0.3, -0.25) is 0 Å². The van der Waals surface area contributed by atoms with Crippen molar-refractivity contribution >= 4 is 21.4 Å². The average molecular weight is 292 g/mol. The SMILES string of the molecule is N#Cc1ccccc1CS(=O)(=O)NCc1ccsc1. The average Bonchev–Trinajstić information content (AvgIpc) is 2.90. The molecule has 0 amide bonds. The van der Waals surface area contributed by atoms with Gasteiger partial charge in [-0.25, -0.2) is 13.1 Å². The summed E-state index contributed by atoms with van der Waals surface area (Å²) in [5, 5.41) is 12.7. The molecule has 0 saturated heterocycles. The molecule has 0 aliphatic carbocycles. The highest BCUT2D eigenvalue weighted by molar-refractivity contribution is 7.88. The second-order valence-corrected chi connectivity index (χ2v) is 6.57. The van der Waals surface area contributed by atoms with Crippen LogP contribution in [0.4, 0.5) is 0 Å². The maximum absolute atomic E-state index is 11.9. The third-order valence-electron chi connectivity index (χ3n) is 2.56. The van der Waals surface area contributed by atoms with Gasteiger partial charge in [0.15, 0.2) is 0 Å². The highest BCUT2D eigenvalue weighted by Gasteiger charge is 2.13. The molecule has 0 aliphatic rings. The lowest BCUT2D eigenvalue weighted by atomic mass is 10.1. The van der Waals surface area contributed by atoms with Crippen LogP contribution in [-0.4, -0.2) is 8.42 Å². The second-order valence-electron chi connectivity index (χ2n) is 3.98. The van der Waals surface area contributed by atoms with E-state index in [0.717, 1.165) is 5.56 Å². The molecule has 19 heavy (non-hydrogen) atoms. The van der Waals surface area contributed by atoms with Gasteiger partial charge >= 0.3 is 0 Å². The van der Waals surface area contributed by atoms with Crippen LogP contribution in [0.3, 0.4) is 0 Å². The molecule has 0 aliphatic heterocycles. The Kier molecular flexibility index (Phi) is 4.32. The van der Waals surface area contributed by atoms with Crippen LogP contribution in [0.15, 0.2) is 41.1 Å². The molecule has 0 spiro atoms. The van der Waals surface area contributed by atoms with Crippen LogP contribution in [0.25, 0.3) is 0 Å². The van der Waals surface area contributed by atoms with E-state index in [1.54, 1.807) is 24.3 Å². The van der Waals surface area contributed by atoms with Crippen molar-refractivity contribution < 1.29 is 8.42 Å². The van der Waals surface area contributed by atoms with Crippen LogP contribution in [0.1, 0.15) is 16.7 Å². The lowest BCUT2D eigenvalue weighted by Gasteiger charge is -2.07. The molecule has 98 valence electrons. The molecule has 2 aromatic rings. The summed E-state index contributed by atoms with van der Waals surface area (Å²) < 4.78 is 26.4. The van der Waals surface area contributed by atoms with Crippen molar-refractivity contribution in [3.63, 3.8) is 0 Å². The maximum atomic E-state index is 11.9. The quantitative estimate of drug-likeness (QED) is 0.918. The summed E-state index contributed by atoms with van der Waals surface area (Å²) in [7, 11) is -3.44. The van der Waals surface area contributed by atoms with Crippen LogP contribution < -0.4 is 4.72 Å². The van der Waals surface area contributed by atoms with E-state index in [9.17, 15) is 8.42 Å². The van der Waals surface area contributed by atoms with Crippen molar-refractivity contribution in [1.29, 1.82) is 5.26 Å². The van der Waals surface area contributed by atoms with Crippen molar-refractivity contribution in [2.24, 2.45) is 0 Å². The predicted molar refractivity (Wildman–Crippen MR) is 74.9 cm³/mol. The van der Waals surface area contributed by atoms with E-state index < -0.39 is 10.0 Å². The molecule has 0 atom stereocenters. The Hall–Kier alpha value is -1.68. The predicted octanol–water partition coefficient (Wildman–Crippen LogP) is 2.24. The first-order chi connectivity index (χ1) is 9.11. The molecule has 1 N–H and O–H groups in total. The third-order valence-corrected chi connectivity index (χ3v) is 4.57. The number of rotatable bonds is 5. The maximum Gasteiger partial charge on any atom is 0.216 e. The van der Waals surface area contributed by atoms with E-state index in [0.29, 0.717) is 11.1 Å². The van der Waals surface area contributed by atoms with Crippen LogP contribution >= 0.6 is 11.3 Å². The lowest BCUT2D eigenvalue weighted by Crippen LogP contribution is -2.24. The van der Waals surface area contributed by atoms with Crippen LogP contribution in [-0.2, 0) is 22.3 Å². The van der Waals surface area contributed by atoms with Crippen molar-refractivity contribution in [3.8, 4) is 6.07 Å². The molecular weight excluding hydrogens is 280 g/mol. The van der Waals surface area contributed by atoms with E-state index in [-0.39, 0.29) is 12.3 Å². The fourth-order valence-corrected chi connectivity index (χ4v) is 3.42. The van der Waals surface area contributed by atoms with Crippen molar-refractivity contribution in [2.45, 2.75) is 12.3 Å². The molecule has 0 bridgehead atoms. The Balaban J connectivity index is 2.07. The van der Waals surface area contributed by atoms with E-state index in [2.05, 4.69) is 4.72 Å². The number of hydrogen-bond acceptors (Lipinski definition) is 4. The zero-order chi connectivity index (χ0) is 13.7. The minimum absolute atomic E-state index is 0.180. The molecule has 0 saturated carbocycles. The lowest BCUT2D eigenvalue weighted by molar-refractivity contribution is 0.580. The van der Waals surface area contributed by atoms with Gasteiger partial charge in [0.25, 0.3) is 0 Å². The number of nitriles is 1. The van der Waals surface area contributed by atoms with Gasteiger partial charge in [-0.05, 0) is 34.0 Å². The normalized spacial score (nSPS) is 11.1. The fourth-order valence-electron chi connectivity index (χ4n) is 1.60. The van der Waals surface area contributed by atoms with Gasteiger partial charge in [-0.1, -0.05) is 18.2 Å². The van der Waals surface area contributed by atoms with Gasteiger partial charge in [-0.15, -0.1) is 0 Å². The van der Waals surface area contributed by atoms with Gasteiger partial charge in [0.05, 0.1) is 17.4 Å². The van der Waals surface area contributed by atoms with Crippen LogP contribution in [0, 0.1) is 11.3 Å². The van der Waals surface area contributed by atoms with E-state index in [1.165, 1.54) is 11.3 Å². The zero-order valence-corrected chi connectivity index (χ0v) is 11.7. The molecule has 0 unspecified atom stereocenters. The number of nitrogens with zero attached hydrogens (tertiary/aromatic N) is 1. The molecule has 4 nitrogen and oxygen atoms in total. The number of benzene rings is 1. The minimum Gasteiger partial charge on any atom is -0.212 e. The summed E-state index contributed by atoms with van der Waals surface area (Å²) in [5.41, 5.74) is 1.84. The number of nitrogens with one attached hydrogen (secondary N) is 1. The molecule has 6 heteroatoms. The number of hydrogen-bond donors (Lipinski definition) is 1. The summed E-state index contributed by atoms with van der Waals surface area (Å²) >= 11 is 1.52. The summed E-state index contributed by atoms with van der Waals surface area (Å²) in [6.07, 6.45) is 0. The summed E-state index contributed by atoms with van der Waals surface area (Å²) in [6, 6.07) is 10.6. The van der Waals surface area contributed by atoms with E-state index >= 15 is 0 Å². The highest BCUT2D eigenvalue weighted by Crippen LogP contribution is 2.12. The second kappa shape index (κ2) is 5.97. The minimum atomic E-state index is -3.44.